The number of rotatable bonds is 3. The summed E-state index contributed by atoms with van der Waals surface area (Å²) in [5.74, 6) is 2.01. The number of carbonyl (C=O) groups excluding carboxylic acids is 1. The molecule has 2 atom stereocenters. The molecule has 0 saturated heterocycles. The van der Waals surface area contributed by atoms with Crippen molar-refractivity contribution >= 4 is 5.78 Å². The maximum absolute atomic E-state index is 11.0. The Kier molecular flexibility index (Phi) is 3.65. The predicted molar refractivity (Wildman–Crippen MR) is 44.7 cm³/mol. The quantitative estimate of drug-likeness (QED) is 0.597. The van der Waals surface area contributed by atoms with Crippen molar-refractivity contribution in [3.05, 3.63) is 12.2 Å². The molecule has 4 nitrogen and oxygen atoms in total. The average Bonchev–Trinajstić information content (AvgIpc) is 2.16. The summed E-state index contributed by atoms with van der Waals surface area (Å²) >= 11 is 0. The first-order valence-electron chi connectivity index (χ1n) is 3.81. The van der Waals surface area contributed by atoms with Gasteiger partial charge in [-0.1, -0.05) is 5.92 Å². The molecule has 0 fully saturated rings. The van der Waals surface area contributed by atoms with Crippen LogP contribution in [0.3, 0.4) is 0 Å². The van der Waals surface area contributed by atoms with E-state index in [9.17, 15) is 4.79 Å². The van der Waals surface area contributed by atoms with E-state index in [0.717, 1.165) is 0 Å². The minimum atomic E-state index is -0.826. The topological polar surface area (TPSA) is 55.8 Å². The molecule has 70 valence electrons. The van der Waals surface area contributed by atoms with Crippen molar-refractivity contribution in [2.75, 3.05) is 13.2 Å². The molecular weight excluding hydrogens is 172 g/mol. The number of hydrogen-bond donors (Lipinski definition) is 1. The number of hydrogen-bond acceptors (Lipinski definition) is 4. The highest BCUT2D eigenvalue weighted by Crippen LogP contribution is 2.09. The van der Waals surface area contributed by atoms with Gasteiger partial charge in [-0.05, 0) is 12.2 Å². The highest BCUT2D eigenvalue weighted by Gasteiger charge is 2.24. The molecular formula is C9H10O4. The summed E-state index contributed by atoms with van der Waals surface area (Å²) in [7, 11) is 0. The van der Waals surface area contributed by atoms with Gasteiger partial charge in [0, 0.05) is 0 Å². The van der Waals surface area contributed by atoms with Gasteiger partial charge >= 0.3 is 0 Å². The fourth-order valence-corrected chi connectivity index (χ4v) is 0.913. The highest BCUT2D eigenvalue weighted by molar-refractivity contribution is 5.94. The lowest BCUT2D eigenvalue weighted by molar-refractivity contribution is -0.164. The molecule has 13 heavy (non-hydrogen) atoms. The van der Waals surface area contributed by atoms with E-state index in [-0.39, 0.29) is 19.0 Å². The first-order valence-corrected chi connectivity index (χ1v) is 3.81. The number of carbonyl (C=O) groups is 1. The van der Waals surface area contributed by atoms with Gasteiger partial charge in [0.05, 0.1) is 6.61 Å². The van der Waals surface area contributed by atoms with Crippen LogP contribution in [0.25, 0.3) is 0 Å². The van der Waals surface area contributed by atoms with Crippen LogP contribution in [0.2, 0.25) is 0 Å². The Morgan fingerprint density at radius 1 is 1.77 bits per heavy atom. The zero-order valence-electron chi connectivity index (χ0n) is 6.97. The Hall–Kier alpha value is -1.15. The molecule has 1 N–H and O–H groups in total. The van der Waals surface area contributed by atoms with Crippen LogP contribution >= 0.6 is 0 Å². The van der Waals surface area contributed by atoms with Crippen LogP contribution < -0.4 is 0 Å². The summed E-state index contributed by atoms with van der Waals surface area (Å²) in [4.78, 5) is 11.0. The fraction of sp³-hybridized carbons (Fsp3) is 0.444. The Balaban J connectivity index is 2.49. The number of aliphatic hydroxyl groups excluding tert-OH is 1. The Morgan fingerprint density at radius 3 is 3.15 bits per heavy atom. The largest absolute Gasteiger partial charge is 0.393 e. The second-order valence-electron chi connectivity index (χ2n) is 2.45. The number of aliphatic hydroxyl groups is 1. The molecule has 0 amide bonds. The molecule has 1 rings (SSSR count). The monoisotopic (exact) mass is 182 g/mol. The van der Waals surface area contributed by atoms with Gasteiger partial charge in [0.15, 0.2) is 12.1 Å². The van der Waals surface area contributed by atoms with E-state index in [1.54, 1.807) is 0 Å². The first kappa shape index (κ1) is 9.93. The van der Waals surface area contributed by atoms with E-state index in [1.807, 2.05) is 0 Å². The van der Waals surface area contributed by atoms with Crippen molar-refractivity contribution in [1.82, 2.24) is 0 Å². The maximum atomic E-state index is 11.0. The molecule has 0 saturated carbocycles. The highest BCUT2D eigenvalue weighted by atomic mass is 16.7. The van der Waals surface area contributed by atoms with Crippen molar-refractivity contribution < 1.29 is 19.4 Å². The van der Waals surface area contributed by atoms with Gasteiger partial charge in [-0.15, -0.1) is 6.42 Å². The minimum absolute atomic E-state index is 0.112. The molecule has 1 heterocycles. The SMILES string of the molecule is C#CCO[C@@H]1C=CC(=O)[C@@H](CO)O1. The van der Waals surface area contributed by atoms with Gasteiger partial charge in [-0.3, -0.25) is 4.79 Å². The molecule has 0 aromatic rings. The van der Waals surface area contributed by atoms with Crippen LogP contribution in [-0.2, 0) is 14.3 Å². The number of terminal acetylenes is 1. The molecule has 1 aliphatic rings. The lowest BCUT2D eigenvalue weighted by Gasteiger charge is -2.22. The van der Waals surface area contributed by atoms with Crippen LogP contribution in [0.5, 0.6) is 0 Å². The van der Waals surface area contributed by atoms with E-state index in [4.69, 9.17) is 21.0 Å². The van der Waals surface area contributed by atoms with E-state index in [0.29, 0.717) is 0 Å². The summed E-state index contributed by atoms with van der Waals surface area (Å²) in [6.07, 6.45) is 6.30. The van der Waals surface area contributed by atoms with E-state index in [1.165, 1.54) is 12.2 Å². The molecule has 0 spiro atoms. The molecule has 1 aliphatic heterocycles. The minimum Gasteiger partial charge on any atom is -0.393 e. The molecule has 4 heteroatoms. The molecule has 0 aliphatic carbocycles. The second kappa shape index (κ2) is 4.77. The van der Waals surface area contributed by atoms with E-state index >= 15 is 0 Å². The Morgan fingerprint density at radius 2 is 2.54 bits per heavy atom. The van der Waals surface area contributed by atoms with E-state index < -0.39 is 12.4 Å². The average molecular weight is 182 g/mol. The summed E-state index contributed by atoms with van der Waals surface area (Å²) in [5, 5.41) is 8.73. The van der Waals surface area contributed by atoms with Crippen LogP contribution in [-0.4, -0.2) is 36.5 Å². The summed E-state index contributed by atoms with van der Waals surface area (Å²) in [6.45, 7) is -0.236. The van der Waals surface area contributed by atoms with Gasteiger partial charge in [0.25, 0.3) is 0 Å². The molecule has 0 unspecified atom stereocenters. The van der Waals surface area contributed by atoms with Crippen LogP contribution in [0.15, 0.2) is 12.2 Å². The van der Waals surface area contributed by atoms with Crippen molar-refractivity contribution in [2.24, 2.45) is 0 Å². The Labute approximate surface area is 76.1 Å². The third-order valence-electron chi connectivity index (χ3n) is 1.53. The summed E-state index contributed by atoms with van der Waals surface area (Å²) in [5.41, 5.74) is 0. The van der Waals surface area contributed by atoms with Gasteiger partial charge in [0.2, 0.25) is 0 Å². The normalized spacial score (nSPS) is 27.2. The van der Waals surface area contributed by atoms with Gasteiger partial charge in [0.1, 0.15) is 12.7 Å². The molecule has 0 aromatic carbocycles. The van der Waals surface area contributed by atoms with Crippen molar-refractivity contribution in [3.63, 3.8) is 0 Å². The molecule has 0 aromatic heterocycles. The van der Waals surface area contributed by atoms with Gasteiger partial charge in [-0.25, -0.2) is 0 Å². The van der Waals surface area contributed by atoms with Crippen molar-refractivity contribution in [1.29, 1.82) is 0 Å². The zero-order chi connectivity index (χ0) is 9.68. The Bertz CT molecular complexity index is 251. The predicted octanol–water partition coefficient (Wildman–Crippen LogP) is -0.521. The number of ketones is 1. The lowest BCUT2D eigenvalue weighted by Crippen LogP contribution is -2.35. The van der Waals surface area contributed by atoms with Crippen LogP contribution in [0.1, 0.15) is 0 Å². The summed E-state index contributed by atoms with van der Waals surface area (Å²) < 4.78 is 10.0. The lowest BCUT2D eigenvalue weighted by atomic mass is 10.2. The fourth-order valence-electron chi connectivity index (χ4n) is 0.913. The van der Waals surface area contributed by atoms with E-state index in [2.05, 4.69) is 5.92 Å². The first-order chi connectivity index (χ1) is 6.27. The van der Waals surface area contributed by atoms with Crippen LogP contribution in [0, 0.1) is 12.3 Å². The smallest absolute Gasteiger partial charge is 0.186 e. The third kappa shape index (κ3) is 2.67. The molecule has 0 bridgehead atoms. The summed E-state index contributed by atoms with van der Waals surface area (Å²) in [6, 6.07) is 0. The number of ether oxygens (including phenoxy) is 2. The van der Waals surface area contributed by atoms with Gasteiger partial charge in [-0.2, -0.15) is 0 Å². The second-order valence-corrected chi connectivity index (χ2v) is 2.45. The van der Waals surface area contributed by atoms with Crippen LogP contribution in [0.4, 0.5) is 0 Å². The van der Waals surface area contributed by atoms with Crippen molar-refractivity contribution in [2.45, 2.75) is 12.4 Å². The van der Waals surface area contributed by atoms with Crippen molar-refractivity contribution in [3.8, 4) is 12.3 Å². The maximum Gasteiger partial charge on any atom is 0.186 e. The standard InChI is InChI=1S/C9H10O4/c1-2-5-12-9-4-3-7(11)8(6-10)13-9/h1,3-4,8-10H,5-6H2/t8-,9+/m1/s1. The zero-order valence-corrected chi connectivity index (χ0v) is 6.97. The third-order valence-corrected chi connectivity index (χ3v) is 1.53. The van der Waals surface area contributed by atoms with Gasteiger partial charge < -0.3 is 14.6 Å². The molecule has 0 radical (unpaired) electrons.